The summed E-state index contributed by atoms with van der Waals surface area (Å²) < 4.78 is 2.82. The summed E-state index contributed by atoms with van der Waals surface area (Å²) in [5.74, 6) is 0. The molecule has 0 spiro atoms. The summed E-state index contributed by atoms with van der Waals surface area (Å²) in [4.78, 5) is 11.5. The Morgan fingerprint density at radius 3 is 3.14 bits per heavy atom. The SMILES string of the molecule is Cn1nnc2c1c(=O)[nH]n1cnnc21. The van der Waals surface area contributed by atoms with Crippen molar-refractivity contribution in [2.45, 2.75) is 0 Å². The summed E-state index contributed by atoms with van der Waals surface area (Å²) in [5, 5.41) is 17.7. The smallest absolute Gasteiger partial charge is 0.266 e. The number of H-pyrrole nitrogens is 1. The van der Waals surface area contributed by atoms with Crippen LogP contribution in [0.4, 0.5) is 0 Å². The molecule has 0 radical (unpaired) electrons. The van der Waals surface area contributed by atoms with Crippen LogP contribution in [0.5, 0.6) is 0 Å². The van der Waals surface area contributed by atoms with Crippen LogP contribution >= 0.6 is 0 Å². The molecule has 0 aliphatic carbocycles. The molecule has 3 aromatic heterocycles. The van der Waals surface area contributed by atoms with E-state index in [1.54, 1.807) is 7.05 Å². The standard InChI is InChI=1S/C6H5N7O/c1-12-4-3(8-11-12)5-9-7-2-13(5)10-6(4)14/h2H,1H3,(H,10,14). The zero-order chi connectivity index (χ0) is 9.71. The van der Waals surface area contributed by atoms with E-state index in [1.807, 2.05) is 0 Å². The average Bonchev–Trinajstić information content (AvgIpc) is 2.71. The van der Waals surface area contributed by atoms with Crippen LogP contribution in [0.2, 0.25) is 0 Å². The Labute approximate surface area is 76.1 Å². The van der Waals surface area contributed by atoms with Crippen LogP contribution in [-0.4, -0.2) is 34.8 Å². The van der Waals surface area contributed by atoms with Gasteiger partial charge in [-0.3, -0.25) is 9.89 Å². The van der Waals surface area contributed by atoms with Gasteiger partial charge in [-0.05, 0) is 0 Å². The van der Waals surface area contributed by atoms with E-state index in [-0.39, 0.29) is 5.56 Å². The highest BCUT2D eigenvalue weighted by atomic mass is 16.1. The number of nitrogens with one attached hydrogen (secondary N) is 1. The quantitative estimate of drug-likeness (QED) is 0.476. The van der Waals surface area contributed by atoms with E-state index in [2.05, 4.69) is 25.6 Å². The average molecular weight is 191 g/mol. The lowest BCUT2D eigenvalue weighted by Gasteiger charge is -1.92. The highest BCUT2D eigenvalue weighted by Gasteiger charge is 2.11. The zero-order valence-electron chi connectivity index (χ0n) is 7.17. The minimum absolute atomic E-state index is 0.264. The first-order valence-corrected chi connectivity index (χ1v) is 3.89. The minimum Gasteiger partial charge on any atom is -0.266 e. The largest absolute Gasteiger partial charge is 0.290 e. The lowest BCUT2D eigenvalue weighted by molar-refractivity contribution is 0.732. The van der Waals surface area contributed by atoms with Gasteiger partial charge in [-0.25, -0.2) is 9.20 Å². The Bertz CT molecular complexity index is 674. The van der Waals surface area contributed by atoms with Crippen LogP contribution in [0, 0.1) is 0 Å². The van der Waals surface area contributed by atoms with E-state index >= 15 is 0 Å². The third kappa shape index (κ3) is 0.696. The van der Waals surface area contributed by atoms with Crippen LogP contribution in [0.1, 0.15) is 0 Å². The fourth-order valence-corrected chi connectivity index (χ4v) is 1.40. The Balaban J connectivity index is 2.76. The van der Waals surface area contributed by atoms with Gasteiger partial charge in [0.15, 0.2) is 11.0 Å². The maximum atomic E-state index is 11.5. The van der Waals surface area contributed by atoms with Crippen molar-refractivity contribution in [2.75, 3.05) is 0 Å². The molecular formula is C6H5N7O. The number of rotatable bonds is 0. The molecule has 0 bridgehead atoms. The molecular weight excluding hydrogens is 186 g/mol. The first-order valence-electron chi connectivity index (χ1n) is 3.89. The normalized spacial score (nSPS) is 11.5. The van der Waals surface area contributed by atoms with E-state index in [0.29, 0.717) is 16.7 Å². The van der Waals surface area contributed by atoms with Gasteiger partial charge in [0.05, 0.1) is 0 Å². The number of aryl methyl sites for hydroxylation is 1. The molecule has 8 nitrogen and oxygen atoms in total. The van der Waals surface area contributed by atoms with Gasteiger partial charge < -0.3 is 0 Å². The summed E-state index contributed by atoms with van der Waals surface area (Å²) in [6, 6.07) is 0. The first-order chi connectivity index (χ1) is 6.77. The van der Waals surface area contributed by atoms with Gasteiger partial charge in [-0.2, -0.15) is 0 Å². The van der Waals surface area contributed by atoms with Gasteiger partial charge in [0.2, 0.25) is 5.65 Å². The zero-order valence-corrected chi connectivity index (χ0v) is 7.17. The molecule has 1 N–H and O–H groups in total. The molecule has 0 amide bonds. The summed E-state index contributed by atoms with van der Waals surface area (Å²) in [5.41, 5.74) is 1.08. The summed E-state index contributed by atoms with van der Waals surface area (Å²) in [7, 11) is 1.65. The molecule has 0 fully saturated rings. The van der Waals surface area contributed by atoms with Crippen molar-refractivity contribution >= 4 is 16.7 Å². The van der Waals surface area contributed by atoms with Gasteiger partial charge in [0.1, 0.15) is 6.33 Å². The van der Waals surface area contributed by atoms with E-state index in [0.717, 1.165) is 0 Å². The second-order valence-corrected chi connectivity index (χ2v) is 2.88. The van der Waals surface area contributed by atoms with Crippen LogP contribution in [0.3, 0.4) is 0 Å². The van der Waals surface area contributed by atoms with E-state index in [9.17, 15) is 4.79 Å². The highest BCUT2D eigenvalue weighted by Crippen LogP contribution is 2.08. The Morgan fingerprint density at radius 1 is 1.43 bits per heavy atom. The third-order valence-corrected chi connectivity index (χ3v) is 2.02. The van der Waals surface area contributed by atoms with Gasteiger partial charge in [0, 0.05) is 7.05 Å². The molecule has 3 aromatic rings. The van der Waals surface area contributed by atoms with Gasteiger partial charge >= 0.3 is 0 Å². The molecule has 0 saturated carbocycles. The molecule has 0 atom stereocenters. The number of nitrogens with zero attached hydrogens (tertiary/aromatic N) is 6. The Hall–Kier alpha value is -2.25. The van der Waals surface area contributed by atoms with E-state index in [4.69, 9.17) is 0 Å². The number of aromatic amines is 1. The predicted octanol–water partition coefficient (Wildman–Crippen LogP) is -1.30. The fourth-order valence-electron chi connectivity index (χ4n) is 1.40. The first kappa shape index (κ1) is 7.18. The second-order valence-electron chi connectivity index (χ2n) is 2.88. The Morgan fingerprint density at radius 2 is 2.29 bits per heavy atom. The Kier molecular flexibility index (Phi) is 1.11. The van der Waals surface area contributed by atoms with Gasteiger partial charge in [0.25, 0.3) is 5.56 Å². The number of fused-ring (bicyclic) bond motifs is 3. The van der Waals surface area contributed by atoms with Crippen molar-refractivity contribution in [3.05, 3.63) is 16.7 Å². The number of hydrogen-bond acceptors (Lipinski definition) is 5. The minimum atomic E-state index is -0.264. The molecule has 3 heterocycles. The van der Waals surface area contributed by atoms with E-state index < -0.39 is 0 Å². The van der Waals surface area contributed by atoms with E-state index in [1.165, 1.54) is 15.5 Å². The van der Waals surface area contributed by atoms with Crippen molar-refractivity contribution in [1.29, 1.82) is 0 Å². The number of hydrogen-bond donors (Lipinski definition) is 1. The molecule has 3 rings (SSSR count). The van der Waals surface area contributed by atoms with Gasteiger partial charge in [-0.1, -0.05) is 5.21 Å². The van der Waals surface area contributed by atoms with Crippen LogP contribution in [0.15, 0.2) is 11.1 Å². The summed E-state index contributed by atoms with van der Waals surface area (Å²) in [6.07, 6.45) is 1.41. The van der Waals surface area contributed by atoms with Crippen molar-refractivity contribution in [3.63, 3.8) is 0 Å². The maximum absolute atomic E-state index is 11.5. The number of aromatic nitrogens is 7. The van der Waals surface area contributed by atoms with Crippen LogP contribution in [-0.2, 0) is 7.05 Å². The summed E-state index contributed by atoms with van der Waals surface area (Å²) >= 11 is 0. The van der Waals surface area contributed by atoms with Gasteiger partial charge in [-0.15, -0.1) is 15.3 Å². The third-order valence-electron chi connectivity index (χ3n) is 2.02. The molecule has 0 unspecified atom stereocenters. The highest BCUT2D eigenvalue weighted by molar-refractivity contribution is 5.85. The van der Waals surface area contributed by atoms with Crippen LogP contribution in [0.25, 0.3) is 16.7 Å². The molecule has 70 valence electrons. The van der Waals surface area contributed by atoms with Crippen LogP contribution < -0.4 is 5.56 Å². The summed E-state index contributed by atoms with van der Waals surface area (Å²) in [6.45, 7) is 0. The molecule has 0 aliphatic heterocycles. The molecule has 0 aromatic carbocycles. The fraction of sp³-hybridized carbons (Fsp3) is 0.167. The molecule has 8 heteroatoms. The predicted molar refractivity (Wildman–Crippen MR) is 45.7 cm³/mol. The second kappa shape index (κ2) is 2.16. The van der Waals surface area contributed by atoms with Crippen molar-refractivity contribution in [1.82, 2.24) is 34.8 Å². The lowest BCUT2D eigenvalue weighted by Crippen LogP contribution is -2.13. The van der Waals surface area contributed by atoms with Crippen molar-refractivity contribution < 1.29 is 0 Å². The maximum Gasteiger partial charge on any atom is 0.290 e. The lowest BCUT2D eigenvalue weighted by atomic mass is 10.4. The van der Waals surface area contributed by atoms with Crippen molar-refractivity contribution in [2.24, 2.45) is 7.05 Å². The monoisotopic (exact) mass is 191 g/mol. The molecule has 0 aliphatic rings. The topological polar surface area (TPSA) is 93.8 Å². The van der Waals surface area contributed by atoms with Crippen molar-refractivity contribution in [3.8, 4) is 0 Å². The molecule has 14 heavy (non-hydrogen) atoms. The molecule has 0 saturated heterocycles.